The molecule has 0 amide bonds. The van der Waals surface area contributed by atoms with Gasteiger partial charge in [-0.1, -0.05) is 140 Å². The fraction of sp³-hybridized carbons (Fsp3) is 0. The maximum Gasteiger partial charge on any atom is 0.164 e. The zero-order valence-electron chi connectivity index (χ0n) is 28.0. The number of benzene rings is 7. The topological polar surface area (TPSA) is 52.8 Å². The molecule has 0 saturated heterocycles. The largest absolute Gasteiger partial charge is 0.456 e. The van der Waals surface area contributed by atoms with Crippen LogP contribution >= 0.6 is 0 Å². The van der Waals surface area contributed by atoms with Crippen LogP contribution in [0.2, 0.25) is 0 Å². The maximum atomic E-state index is 6.63. The molecule has 2 aromatic heterocycles. The second kappa shape index (κ2) is 12.3. The summed E-state index contributed by atoms with van der Waals surface area (Å²) in [6, 6.07) is 62.6. The van der Waals surface area contributed by atoms with E-state index < -0.39 is 0 Å². The number of ether oxygens (including phenoxy) is 1. The van der Waals surface area contributed by atoms with Crippen molar-refractivity contribution >= 4 is 10.9 Å². The summed E-state index contributed by atoms with van der Waals surface area (Å²) in [5.41, 5.74) is 11.6. The number of aromatic nitrogens is 4. The molecule has 1 aliphatic heterocycles. The van der Waals surface area contributed by atoms with Crippen LogP contribution in [0.1, 0.15) is 0 Å². The molecule has 244 valence electrons. The van der Waals surface area contributed by atoms with Crippen molar-refractivity contribution in [2.45, 2.75) is 0 Å². The molecule has 9 aromatic rings. The Morgan fingerprint density at radius 3 is 1.42 bits per heavy atom. The minimum absolute atomic E-state index is 0.619. The quantitative estimate of drug-likeness (QED) is 0.183. The second-order valence-corrected chi connectivity index (χ2v) is 12.8. The molecule has 0 spiro atoms. The van der Waals surface area contributed by atoms with Crippen LogP contribution in [0.25, 0.3) is 84.3 Å². The Hall–Kier alpha value is -7.11. The lowest BCUT2D eigenvalue weighted by Gasteiger charge is -2.16. The van der Waals surface area contributed by atoms with Crippen LogP contribution in [0.5, 0.6) is 11.5 Å². The fourth-order valence-corrected chi connectivity index (χ4v) is 7.30. The maximum absolute atomic E-state index is 6.63. The van der Waals surface area contributed by atoms with E-state index in [4.69, 9.17) is 19.7 Å². The highest BCUT2D eigenvalue weighted by molar-refractivity contribution is 6.12. The van der Waals surface area contributed by atoms with E-state index in [0.29, 0.717) is 17.5 Å². The van der Waals surface area contributed by atoms with Crippen molar-refractivity contribution in [3.63, 3.8) is 0 Å². The monoisotopic (exact) mass is 666 g/mol. The van der Waals surface area contributed by atoms with Crippen molar-refractivity contribution in [3.05, 3.63) is 182 Å². The van der Waals surface area contributed by atoms with Crippen molar-refractivity contribution in [1.29, 1.82) is 0 Å². The third-order valence-corrected chi connectivity index (χ3v) is 9.68. The zero-order chi connectivity index (χ0) is 34.4. The van der Waals surface area contributed by atoms with Gasteiger partial charge in [-0.2, -0.15) is 0 Å². The lowest BCUT2D eigenvalue weighted by Crippen LogP contribution is -2.01. The highest BCUT2D eigenvalue weighted by atomic mass is 16.5. The average Bonchev–Trinajstić information content (AvgIpc) is 3.49. The molecule has 0 radical (unpaired) electrons. The van der Waals surface area contributed by atoms with Crippen molar-refractivity contribution < 1.29 is 4.74 Å². The SMILES string of the molecule is c1ccc(-c2nc(-c3ccccc3)nc(-c3ccc(-n4c5c(c6cccc(-c7ccccc7)c64)-c4ccccc4Oc4ccccc4-5)cc3)n2)cc1. The summed E-state index contributed by atoms with van der Waals surface area (Å²) in [7, 11) is 0. The molecule has 0 N–H and O–H groups in total. The molecule has 3 heterocycles. The third-order valence-electron chi connectivity index (χ3n) is 9.68. The van der Waals surface area contributed by atoms with Crippen LogP contribution < -0.4 is 4.74 Å². The first-order valence-corrected chi connectivity index (χ1v) is 17.4. The molecule has 0 saturated carbocycles. The van der Waals surface area contributed by atoms with Gasteiger partial charge < -0.3 is 9.30 Å². The van der Waals surface area contributed by atoms with Gasteiger partial charge in [0.2, 0.25) is 0 Å². The van der Waals surface area contributed by atoms with Crippen molar-refractivity contribution in [2.24, 2.45) is 0 Å². The highest BCUT2D eigenvalue weighted by Gasteiger charge is 2.29. The van der Waals surface area contributed by atoms with E-state index in [1.54, 1.807) is 0 Å². The van der Waals surface area contributed by atoms with Crippen LogP contribution in [0.15, 0.2) is 182 Å². The van der Waals surface area contributed by atoms with E-state index in [2.05, 4.69) is 114 Å². The van der Waals surface area contributed by atoms with Crippen molar-refractivity contribution in [3.8, 4) is 84.9 Å². The Morgan fingerprint density at radius 1 is 0.365 bits per heavy atom. The fourth-order valence-electron chi connectivity index (χ4n) is 7.30. The van der Waals surface area contributed by atoms with Crippen LogP contribution in [-0.4, -0.2) is 19.5 Å². The molecular weight excluding hydrogens is 637 g/mol. The molecule has 10 rings (SSSR count). The molecule has 52 heavy (non-hydrogen) atoms. The Kier molecular flexibility index (Phi) is 7.07. The second-order valence-electron chi connectivity index (χ2n) is 12.8. The van der Waals surface area contributed by atoms with Gasteiger partial charge in [-0.3, -0.25) is 0 Å². The number of fused-ring (bicyclic) bond motifs is 7. The minimum atomic E-state index is 0.619. The first-order valence-electron chi connectivity index (χ1n) is 17.4. The van der Waals surface area contributed by atoms with Gasteiger partial charge in [-0.15, -0.1) is 0 Å². The number of nitrogens with zero attached hydrogens (tertiary/aromatic N) is 4. The van der Waals surface area contributed by atoms with Gasteiger partial charge >= 0.3 is 0 Å². The predicted octanol–water partition coefficient (Wildman–Crippen LogP) is 11.9. The van der Waals surface area contributed by atoms with E-state index in [1.807, 2.05) is 72.8 Å². The third kappa shape index (κ3) is 4.98. The Balaban J connectivity index is 1.22. The van der Waals surface area contributed by atoms with Crippen molar-refractivity contribution in [1.82, 2.24) is 19.5 Å². The minimum Gasteiger partial charge on any atom is -0.456 e. The van der Waals surface area contributed by atoms with E-state index in [1.165, 1.54) is 0 Å². The highest BCUT2D eigenvalue weighted by Crippen LogP contribution is 2.52. The Bertz CT molecular complexity index is 2680. The first-order chi connectivity index (χ1) is 25.8. The lowest BCUT2D eigenvalue weighted by molar-refractivity contribution is 0.487. The zero-order valence-corrected chi connectivity index (χ0v) is 28.0. The molecule has 5 heteroatoms. The summed E-state index contributed by atoms with van der Waals surface area (Å²) in [5.74, 6) is 3.55. The predicted molar refractivity (Wildman–Crippen MR) is 209 cm³/mol. The van der Waals surface area contributed by atoms with E-state index in [-0.39, 0.29) is 0 Å². The summed E-state index contributed by atoms with van der Waals surface area (Å²) in [6.07, 6.45) is 0. The van der Waals surface area contributed by atoms with Gasteiger partial charge in [0.25, 0.3) is 0 Å². The van der Waals surface area contributed by atoms with Gasteiger partial charge in [-0.05, 0) is 48.0 Å². The Morgan fingerprint density at radius 2 is 0.827 bits per heavy atom. The normalized spacial score (nSPS) is 11.6. The molecular formula is C47H30N4O. The Labute approximate surface area is 301 Å². The van der Waals surface area contributed by atoms with Gasteiger partial charge in [0, 0.05) is 50.0 Å². The standard InChI is InChI=1S/C47H30N4O/c1-4-15-31(16-5-1)36-23-14-24-39-42-37-21-10-12-25-40(37)52-41-26-13-11-22-38(41)44(42)51(43(36)39)35-29-27-34(28-30-35)47-49-45(32-17-6-2-7-18-32)48-46(50-47)33-19-8-3-9-20-33/h1-30H. The number of rotatable bonds is 5. The molecule has 0 atom stereocenters. The van der Waals surface area contributed by atoms with E-state index in [0.717, 1.165) is 78.3 Å². The number of hydrogen-bond donors (Lipinski definition) is 0. The van der Waals surface area contributed by atoms with Crippen LogP contribution in [0.4, 0.5) is 0 Å². The van der Waals surface area contributed by atoms with E-state index in [9.17, 15) is 0 Å². The van der Waals surface area contributed by atoms with Crippen molar-refractivity contribution in [2.75, 3.05) is 0 Å². The first kappa shape index (κ1) is 29.8. The van der Waals surface area contributed by atoms with Crippen LogP contribution in [0, 0.1) is 0 Å². The summed E-state index contributed by atoms with van der Waals surface area (Å²) < 4.78 is 9.04. The lowest BCUT2D eigenvalue weighted by atomic mass is 9.96. The molecule has 0 bridgehead atoms. The summed E-state index contributed by atoms with van der Waals surface area (Å²) in [5, 5.41) is 1.16. The molecule has 7 aromatic carbocycles. The molecule has 1 aliphatic rings. The molecule has 0 unspecified atom stereocenters. The van der Waals surface area contributed by atoms with Gasteiger partial charge in [-0.25, -0.2) is 15.0 Å². The van der Waals surface area contributed by atoms with Gasteiger partial charge in [0.15, 0.2) is 17.5 Å². The summed E-state index contributed by atoms with van der Waals surface area (Å²) in [6.45, 7) is 0. The molecule has 5 nitrogen and oxygen atoms in total. The van der Waals surface area contributed by atoms with E-state index >= 15 is 0 Å². The summed E-state index contributed by atoms with van der Waals surface area (Å²) >= 11 is 0. The number of para-hydroxylation sites is 3. The van der Waals surface area contributed by atoms with Crippen LogP contribution in [-0.2, 0) is 0 Å². The number of hydrogen-bond acceptors (Lipinski definition) is 4. The average molecular weight is 667 g/mol. The summed E-state index contributed by atoms with van der Waals surface area (Å²) in [4.78, 5) is 14.9. The molecule has 0 fully saturated rings. The molecule has 0 aliphatic carbocycles. The smallest absolute Gasteiger partial charge is 0.164 e. The van der Waals surface area contributed by atoms with Crippen LogP contribution in [0.3, 0.4) is 0 Å². The van der Waals surface area contributed by atoms with Gasteiger partial charge in [0.1, 0.15) is 11.5 Å². The van der Waals surface area contributed by atoms with Gasteiger partial charge in [0.05, 0.1) is 11.2 Å².